The van der Waals surface area contributed by atoms with Crippen LogP contribution in [0.3, 0.4) is 0 Å². The molecular formula is C61H115NO11. The fourth-order valence-corrected chi connectivity index (χ4v) is 9.07. The minimum Gasteiger partial charge on any atom is -0.466 e. The number of nitrogens with zero attached hydrogens (tertiary/aromatic N) is 1. The van der Waals surface area contributed by atoms with E-state index in [-0.39, 0.29) is 63.1 Å². The van der Waals surface area contributed by atoms with Crippen molar-refractivity contribution in [1.29, 1.82) is 0 Å². The standard InChI is InChI=1S/C61H115NO11/c1-6-9-12-15-18-19-20-21-26-33-41-55(42-40-48-62(4)5)47-51-70-61(67)73-54-56(52-71-59(65)45-36-29-24-22-27-34-43-57(63)68-49-38-31-16-13-10-7-2)53-72-60(66)46-37-30-25-23-28-35-44-58(64)69-50-39-32-17-14-11-8-3/h55-56H,6-54H2,1-5H3. The van der Waals surface area contributed by atoms with Crippen molar-refractivity contribution in [2.75, 3.05) is 60.3 Å². The third-order valence-corrected chi connectivity index (χ3v) is 13.9. The smallest absolute Gasteiger partial charge is 0.466 e. The second-order valence-electron chi connectivity index (χ2n) is 21.4. The highest BCUT2D eigenvalue weighted by molar-refractivity contribution is 5.70. The molecule has 0 saturated heterocycles. The van der Waals surface area contributed by atoms with Gasteiger partial charge in [-0.25, -0.2) is 4.79 Å². The van der Waals surface area contributed by atoms with Gasteiger partial charge >= 0.3 is 30.0 Å². The fourth-order valence-electron chi connectivity index (χ4n) is 9.07. The highest BCUT2D eigenvalue weighted by atomic mass is 16.7. The van der Waals surface area contributed by atoms with Gasteiger partial charge in [0.25, 0.3) is 0 Å². The van der Waals surface area contributed by atoms with Gasteiger partial charge in [-0.2, -0.15) is 0 Å². The van der Waals surface area contributed by atoms with Crippen molar-refractivity contribution in [1.82, 2.24) is 4.90 Å². The van der Waals surface area contributed by atoms with Crippen LogP contribution < -0.4 is 0 Å². The molecule has 0 fully saturated rings. The summed E-state index contributed by atoms with van der Waals surface area (Å²) in [5.41, 5.74) is 0. The summed E-state index contributed by atoms with van der Waals surface area (Å²) in [4.78, 5) is 64.7. The van der Waals surface area contributed by atoms with Crippen LogP contribution in [0.4, 0.5) is 4.79 Å². The van der Waals surface area contributed by atoms with E-state index in [1.54, 1.807) is 0 Å². The average Bonchev–Trinajstić information content (AvgIpc) is 3.37. The summed E-state index contributed by atoms with van der Waals surface area (Å²) in [5.74, 6) is -0.918. The molecule has 0 spiro atoms. The van der Waals surface area contributed by atoms with Gasteiger partial charge in [-0.15, -0.1) is 0 Å². The SMILES string of the molecule is CCCCCCCCCCCCC(CCCN(C)C)CCOC(=O)OCC(COC(=O)CCCCCCCCC(=O)OCCCCCCCC)COC(=O)CCCCCCCCC(=O)OCCCCCCCC. The summed E-state index contributed by atoms with van der Waals surface area (Å²) in [6.07, 6.45) is 42.6. The Balaban J connectivity index is 4.77. The summed E-state index contributed by atoms with van der Waals surface area (Å²) in [5, 5.41) is 0. The first-order valence-corrected chi connectivity index (χ1v) is 30.7. The minimum atomic E-state index is -0.760. The molecule has 0 aliphatic rings. The molecule has 0 aromatic heterocycles. The maximum absolute atomic E-state index is 12.8. The summed E-state index contributed by atoms with van der Waals surface area (Å²) in [6, 6.07) is 0. The first kappa shape index (κ1) is 70.1. The molecule has 12 nitrogen and oxygen atoms in total. The number of esters is 4. The van der Waals surface area contributed by atoms with Crippen LogP contribution in [0, 0.1) is 11.8 Å². The summed E-state index contributed by atoms with van der Waals surface area (Å²) in [7, 11) is 4.20. The molecule has 12 heteroatoms. The van der Waals surface area contributed by atoms with E-state index in [0.717, 1.165) is 122 Å². The molecule has 0 aliphatic carbocycles. The molecule has 0 aliphatic heterocycles. The van der Waals surface area contributed by atoms with E-state index in [9.17, 15) is 24.0 Å². The Bertz CT molecular complexity index is 1200. The van der Waals surface area contributed by atoms with Crippen LogP contribution >= 0.6 is 0 Å². The molecule has 1 atom stereocenters. The van der Waals surface area contributed by atoms with Crippen molar-refractivity contribution in [2.24, 2.45) is 11.8 Å². The number of ether oxygens (including phenoxy) is 6. The van der Waals surface area contributed by atoms with Crippen LogP contribution in [0.25, 0.3) is 0 Å². The van der Waals surface area contributed by atoms with Gasteiger partial charge < -0.3 is 33.3 Å². The third-order valence-electron chi connectivity index (χ3n) is 13.9. The van der Waals surface area contributed by atoms with Gasteiger partial charge in [0, 0.05) is 25.7 Å². The van der Waals surface area contributed by atoms with Gasteiger partial charge in [-0.1, -0.05) is 207 Å². The highest BCUT2D eigenvalue weighted by Gasteiger charge is 2.19. The maximum Gasteiger partial charge on any atom is 0.508 e. The van der Waals surface area contributed by atoms with Gasteiger partial charge in [0.1, 0.15) is 19.8 Å². The van der Waals surface area contributed by atoms with Crippen LogP contribution in [0.5, 0.6) is 0 Å². The molecular weight excluding hydrogens is 923 g/mol. The maximum atomic E-state index is 12.8. The zero-order valence-corrected chi connectivity index (χ0v) is 48.2. The summed E-state index contributed by atoms with van der Waals surface area (Å²) >= 11 is 0. The lowest BCUT2D eigenvalue weighted by Gasteiger charge is -2.19. The Hall–Kier alpha value is -2.89. The predicted molar refractivity (Wildman–Crippen MR) is 298 cm³/mol. The van der Waals surface area contributed by atoms with Crippen molar-refractivity contribution in [3.05, 3.63) is 0 Å². The normalized spacial score (nSPS) is 11.8. The zero-order valence-electron chi connectivity index (χ0n) is 48.2. The number of hydrogen-bond acceptors (Lipinski definition) is 12. The molecule has 0 N–H and O–H groups in total. The quantitative estimate of drug-likeness (QED) is 0.0325. The molecule has 0 bridgehead atoms. The van der Waals surface area contributed by atoms with E-state index < -0.39 is 12.1 Å². The molecule has 430 valence electrons. The number of carbonyl (C=O) groups excluding carboxylic acids is 5. The first-order valence-electron chi connectivity index (χ1n) is 30.7. The molecule has 73 heavy (non-hydrogen) atoms. The third kappa shape index (κ3) is 53.7. The summed E-state index contributed by atoms with van der Waals surface area (Å²) < 4.78 is 33.1. The molecule has 0 saturated carbocycles. The molecule has 0 heterocycles. The van der Waals surface area contributed by atoms with Crippen molar-refractivity contribution in [3.63, 3.8) is 0 Å². The Labute approximate surface area is 448 Å². The lowest BCUT2D eigenvalue weighted by atomic mass is 9.93. The molecule has 0 aromatic carbocycles. The van der Waals surface area contributed by atoms with Gasteiger partial charge in [0.2, 0.25) is 0 Å². The Morgan fingerprint density at radius 2 is 0.616 bits per heavy atom. The van der Waals surface area contributed by atoms with Crippen LogP contribution in [0.2, 0.25) is 0 Å². The molecule has 0 aromatic rings. The highest BCUT2D eigenvalue weighted by Crippen LogP contribution is 2.22. The number of unbranched alkanes of at least 4 members (excludes halogenated alkanes) is 29. The van der Waals surface area contributed by atoms with Crippen molar-refractivity contribution in [2.45, 2.75) is 290 Å². The van der Waals surface area contributed by atoms with E-state index in [2.05, 4.69) is 39.8 Å². The van der Waals surface area contributed by atoms with Gasteiger partial charge in [-0.3, -0.25) is 19.2 Å². The van der Waals surface area contributed by atoms with Crippen LogP contribution in [0.15, 0.2) is 0 Å². The van der Waals surface area contributed by atoms with E-state index in [1.165, 1.54) is 116 Å². The molecule has 0 rings (SSSR count). The Morgan fingerprint density at radius 3 is 1.00 bits per heavy atom. The van der Waals surface area contributed by atoms with Crippen LogP contribution in [-0.4, -0.2) is 95.2 Å². The van der Waals surface area contributed by atoms with Crippen molar-refractivity contribution in [3.8, 4) is 0 Å². The predicted octanol–water partition coefficient (Wildman–Crippen LogP) is 16.6. The number of carbonyl (C=O) groups is 5. The second-order valence-corrected chi connectivity index (χ2v) is 21.4. The minimum absolute atomic E-state index is 0.0340. The summed E-state index contributed by atoms with van der Waals surface area (Å²) in [6.45, 7) is 8.88. The van der Waals surface area contributed by atoms with E-state index in [0.29, 0.717) is 44.8 Å². The average molecular weight is 1040 g/mol. The first-order chi connectivity index (χ1) is 35.6. The number of rotatable bonds is 56. The Morgan fingerprint density at radius 1 is 0.301 bits per heavy atom. The molecule has 0 amide bonds. The topological polar surface area (TPSA) is 144 Å². The largest absolute Gasteiger partial charge is 0.508 e. The lowest BCUT2D eigenvalue weighted by Crippen LogP contribution is -2.26. The molecule has 1 unspecified atom stereocenters. The van der Waals surface area contributed by atoms with Crippen molar-refractivity contribution < 1.29 is 52.4 Å². The van der Waals surface area contributed by atoms with Crippen LogP contribution in [-0.2, 0) is 47.6 Å². The van der Waals surface area contributed by atoms with E-state index >= 15 is 0 Å². The van der Waals surface area contributed by atoms with Gasteiger partial charge in [-0.05, 0) is 84.3 Å². The van der Waals surface area contributed by atoms with Crippen molar-refractivity contribution >= 4 is 30.0 Å². The van der Waals surface area contributed by atoms with Crippen LogP contribution in [0.1, 0.15) is 290 Å². The number of hydrogen-bond donors (Lipinski definition) is 0. The second kappa shape index (κ2) is 55.3. The zero-order chi connectivity index (χ0) is 53.5. The van der Waals surface area contributed by atoms with Gasteiger partial charge in [0.15, 0.2) is 0 Å². The van der Waals surface area contributed by atoms with E-state index in [1.807, 2.05) is 0 Å². The van der Waals surface area contributed by atoms with E-state index in [4.69, 9.17) is 28.4 Å². The van der Waals surface area contributed by atoms with Gasteiger partial charge in [0.05, 0.1) is 25.7 Å². The Kier molecular flexibility index (Phi) is 53.2. The molecule has 0 radical (unpaired) electrons. The fraction of sp³-hybridized carbons (Fsp3) is 0.918. The monoisotopic (exact) mass is 1040 g/mol. The lowest BCUT2D eigenvalue weighted by molar-refractivity contribution is -0.150.